The third-order valence-corrected chi connectivity index (χ3v) is 4.03. The van der Waals surface area contributed by atoms with Gasteiger partial charge < -0.3 is 10.2 Å². The first-order valence-corrected chi connectivity index (χ1v) is 7.03. The predicted molar refractivity (Wildman–Crippen MR) is 66.1 cm³/mol. The molecule has 1 heterocycles. The molecule has 84 valence electrons. The van der Waals surface area contributed by atoms with E-state index in [1.54, 1.807) is 0 Å². The molecular weight excluding hydrogens is 192 g/mol. The van der Waals surface area contributed by atoms with Crippen LogP contribution in [-0.4, -0.2) is 49.6 Å². The van der Waals surface area contributed by atoms with E-state index in [4.69, 9.17) is 0 Å². The van der Waals surface area contributed by atoms with E-state index in [1.165, 1.54) is 38.2 Å². The summed E-state index contributed by atoms with van der Waals surface area (Å²) in [4.78, 5) is 2.49. The molecule has 0 bridgehead atoms. The lowest BCUT2D eigenvalue weighted by atomic mass is 10.0. The number of hydrogen-bond donors (Lipinski definition) is 1. The van der Waals surface area contributed by atoms with Gasteiger partial charge in [0.15, 0.2) is 0 Å². The van der Waals surface area contributed by atoms with Gasteiger partial charge in [-0.1, -0.05) is 0 Å². The van der Waals surface area contributed by atoms with Crippen molar-refractivity contribution in [1.82, 2.24) is 10.2 Å². The Morgan fingerprint density at radius 3 is 2.93 bits per heavy atom. The Hall–Kier alpha value is 0.270. The average Bonchev–Trinajstić information content (AvgIpc) is 2.67. The number of thioether (sulfide) groups is 1. The molecule has 2 nitrogen and oxygen atoms in total. The summed E-state index contributed by atoms with van der Waals surface area (Å²) < 4.78 is 0. The third kappa shape index (κ3) is 4.20. The first-order valence-electron chi connectivity index (χ1n) is 5.64. The topological polar surface area (TPSA) is 15.3 Å². The SMILES string of the molecule is CSCC(C)N(C)CCC1CCNC1. The molecule has 1 aliphatic rings. The van der Waals surface area contributed by atoms with Gasteiger partial charge in [-0.25, -0.2) is 0 Å². The van der Waals surface area contributed by atoms with Gasteiger partial charge in [0, 0.05) is 11.8 Å². The molecule has 1 aliphatic heterocycles. The van der Waals surface area contributed by atoms with E-state index in [-0.39, 0.29) is 0 Å². The Kier molecular flexibility index (Phi) is 5.90. The van der Waals surface area contributed by atoms with E-state index in [2.05, 4.69) is 30.4 Å². The normalized spacial score (nSPS) is 24.4. The Balaban J connectivity index is 2.09. The van der Waals surface area contributed by atoms with Gasteiger partial charge in [-0.3, -0.25) is 0 Å². The maximum atomic E-state index is 3.43. The molecule has 0 aliphatic carbocycles. The van der Waals surface area contributed by atoms with Crippen LogP contribution < -0.4 is 5.32 Å². The molecule has 0 saturated carbocycles. The van der Waals surface area contributed by atoms with Crippen LogP contribution in [0.4, 0.5) is 0 Å². The summed E-state index contributed by atoms with van der Waals surface area (Å²) in [7, 11) is 2.25. The summed E-state index contributed by atoms with van der Waals surface area (Å²) in [5.74, 6) is 2.18. The number of hydrogen-bond acceptors (Lipinski definition) is 3. The fourth-order valence-electron chi connectivity index (χ4n) is 1.94. The summed E-state index contributed by atoms with van der Waals surface area (Å²) >= 11 is 1.94. The van der Waals surface area contributed by atoms with Crippen LogP contribution in [0.25, 0.3) is 0 Å². The van der Waals surface area contributed by atoms with E-state index in [9.17, 15) is 0 Å². The highest BCUT2D eigenvalue weighted by molar-refractivity contribution is 7.98. The second-order valence-electron chi connectivity index (χ2n) is 4.43. The van der Waals surface area contributed by atoms with Gasteiger partial charge in [-0.2, -0.15) is 11.8 Å². The molecule has 1 fully saturated rings. The van der Waals surface area contributed by atoms with Crippen LogP contribution in [0.1, 0.15) is 19.8 Å². The Labute approximate surface area is 92.8 Å². The predicted octanol–water partition coefficient (Wildman–Crippen LogP) is 1.67. The third-order valence-electron chi connectivity index (χ3n) is 3.21. The second kappa shape index (κ2) is 6.70. The quantitative estimate of drug-likeness (QED) is 0.727. The molecule has 3 heteroatoms. The van der Waals surface area contributed by atoms with E-state index in [1.807, 2.05) is 11.8 Å². The fourth-order valence-corrected chi connectivity index (χ4v) is 2.67. The van der Waals surface area contributed by atoms with E-state index >= 15 is 0 Å². The van der Waals surface area contributed by atoms with Crippen LogP contribution in [0.3, 0.4) is 0 Å². The smallest absolute Gasteiger partial charge is 0.0154 e. The van der Waals surface area contributed by atoms with Crippen molar-refractivity contribution in [3.63, 3.8) is 0 Å². The van der Waals surface area contributed by atoms with E-state index in [0.717, 1.165) is 12.0 Å². The minimum absolute atomic E-state index is 0.722. The van der Waals surface area contributed by atoms with Crippen molar-refractivity contribution in [3.8, 4) is 0 Å². The molecule has 1 N–H and O–H groups in total. The Bertz CT molecular complexity index is 146. The zero-order valence-electron chi connectivity index (χ0n) is 9.75. The van der Waals surface area contributed by atoms with Gasteiger partial charge in [-0.15, -0.1) is 0 Å². The molecule has 14 heavy (non-hydrogen) atoms. The molecule has 0 spiro atoms. The van der Waals surface area contributed by atoms with Crippen LogP contribution in [0, 0.1) is 5.92 Å². The Morgan fingerprint density at radius 2 is 2.36 bits per heavy atom. The molecule has 0 aromatic heterocycles. The molecule has 1 rings (SSSR count). The van der Waals surface area contributed by atoms with Gasteiger partial charge in [0.25, 0.3) is 0 Å². The van der Waals surface area contributed by atoms with Crippen molar-refractivity contribution in [2.75, 3.05) is 38.7 Å². The lowest BCUT2D eigenvalue weighted by molar-refractivity contribution is 0.257. The summed E-state index contributed by atoms with van der Waals surface area (Å²) in [5.41, 5.74) is 0. The average molecular weight is 216 g/mol. The standard InChI is InChI=1S/C11H24N2S/c1-10(9-14-3)13(2)7-5-11-4-6-12-8-11/h10-12H,4-9H2,1-3H3. The van der Waals surface area contributed by atoms with Crippen LogP contribution in [0.5, 0.6) is 0 Å². The van der Waals surface area contributed by atoms with Crippen LogP contribution in [-0.2, 0) is 0 Å². The summed E-state index contributed by atoms with van der Waals surface area (Å²) in [6, 6.07) is 0.722. The minimum atomic E-state index is 0.722. The van der Waals surface area contributed by atoms with Gasteiger partial charge in [0.05, 0.1) is 0 Å². The van der Waals surface area contributed by atoms with Crippen molar-refractivity contribution in [3.05, 3.63) is 0 Å². The van der Waals surface area contributed by atoms with E-state index < -0.39 is 0 Å². The number of nitrogens with zero attached hydrogens (tertiary/aromatic N) is 1. The summed E-state index contributed by atoms with van der Waals surface area (Å²) in [6.45, 7) is 6.05. The molecule has 2 atom stereocenters. The van der Waals surface area contributed by atoms with E-state index in [0.29, 0.717) is 0 Å². The van der Waals surface area contributed by atoms with Gasteiger partial charge in [0.2, 0.25) is 0 Å². The van der Waals surface area contributed by atoms with Gasteiger partial charge >= 0.3 is 0 Å². The maximum absolute atomic E-state index is 3.43. The fraction of sp³-hybridized carbons (Fsp3) is 1.00. The lowest BCUT2D eigenvalue weighted by Gasteiger charge is -2.25. The van der Waals surface area contributed by atoms with Crippen molar-refractivity contribution in [2.45, 2.75) is 25.8 Å². The number of rotatable bonds is 6. The second-order valence-corrected chi connectivity index (χ2v) is 5.34. The van der Waals surface area contributed by atoms with Crippen molar-refractivity contribution >= 4 is 11.8 Å². The lowest BCUT2D eigenvalue weighted by Crippen LogP contribution is -2.32. The highest BCUT2D eigenvalue weighted by Crippen LogP contribution is 2.13. The minimum Gasteiger partial charge on any atom is -0.316 e. The van der Waals surface area contributed by atoms with Crippen molar-refractivity contribution in [1.29, 1.82) is 0 Å². The maximum Gasteiger partial charge on any atom is 0.0154 e. The van der Waals surface area contributed by atoms with Crippen LogP contribution in [0.2, 0.25) is 0 Å². The zero-order chi connectivity index (χ0) is 10.4. The highest BCUT2D eigenvalue weighted by Gasteiger charge is 2.16. The zero-order valence-corrected chi connectivity index (χ0v) is 10.6. The van der Waals surface area contributed by atoms with Gasteiger partial charge in [0.1, 0.15) is 0 Å². The molecule has 0 aromatic rings. The first kappa shape index (κ1) is 12.3. The van der Waals surface area contributed by atoms with Crippen LogP contribution >= 0.6 is 11.8 Å². The molecule has 0 amide bonds. The van der Waals surface area contributed by atoms with Crippen molar-refractivity contribution in [2.24, 2.45) is 5.92 Å². The van der Waals surface area contributed by atoms with Crippen molar-refractivity contribution < 1.29 is 0 Å². The molecule has 0 aromatic carbocycles. The van der Waals surface area contributed by atoms with Crippen LogP contribution in [0.15, 0.2) is 0 Å². The Morgan fingerprint density at radius 1 is 1.57 bits per heavy atom. The monoisotopic (exact) mass is 216 g/mol. The molecule has 0 radical (unpaired) electrons. The molecule has 1 saturated heterocycles. The number of nitrogens with one attached hydrogen (secondary N) is 1. The summed E-state index contributed by atoms with van der Waals surface area (Å²) in [6.07, 6.45) is 4.93. The first-order chi connectivity index (χ1) is 6.74. The largest absolute Gasteiger partial charge is 0.316 e. The molecule has 2 unspecified atom stereocenters. The highest BCUT2D eigenvalue weighted by atomic mass is 32.2. The summed E-state index contributed by atoms with van der Waals surface area (Å²) in [5, 5.41) is 3.43. The molecular formula is C11H24N2S. The van der Waals surface area contributed by atoms with Gasteiger partial charge in [-0.05, 0) is 58.6 Å².